The minimum Gasteiger partial charge on any atom is -0.447 e. The number of amides is 4. The number of benzene rings is 2. The Labute approximate surface area is 326 Å². The molecule has 0 saturated carbocycles. The Morgan fingerprint density at radius 1 is 0.796 bits per heavy atom. The van der Waals surface area contributed by atoms with Crippen molar-refractivity contribution in [1.29, 1.82) is 0 Å². The molecule has 5 atom stereocenters. The van der Waals surface area contributed by atoms with Gasteiger partial charge in [0.2, 0.25) is 17.7 Å². The van der Waals surface area contributed by atoms with Crippen molar-refractivity contribution in [1.82, 2.24) is 21.3 Å². The van der Waals surface area contributed by atoms with Crippen molar-refractivity contribution in [2.75, 3.05) is 46.7 Å². The maximum absolute atomic E-state index is 14.0. The second-order valence-electron chi connectivity index (χ2n) is 14.2. The van der Waals surface area contributed by atoms with E-state index in [1.165, 1.54) is 0 Å². The SMILES string of the molecule is COCCOCCOC(=O)N[C@@H](Cc1cccc2ccccc12)C(=O)N[C@@H](CC(C)C)C(=O)N[C@@H](CC(C)C)[C@@H](O)CC(=O)N[C@H](CO)CCCCN.Cl. The number of aliphatic hydroxyl groups is 2. The largest absolute Gasteiger partial charge is 0.447 e. The summed E-state index contributed by atoms with van der Waals surface area (Å²) in [5.41, 5.74) is 6.37. The molecule has 0 fully saturated rings. The van der Waals surface area contributed by atoms with Gasteiger partial charge in [-0.3, -0.25) is 14.4 Å². The minimum absolute atomic E-state index is 0. The van der Waals surface area contributed by atoms with Crippen molar-refractivity contribution in [2.24, 2.45) is 17.6 Å². The molecule has 14 nitrogen and oxygen atoms in total. The molecule has 8 N–H and O–H groups in total. The molecular weight excluding hydrogens is 718 g/mol. The number of ether oxygens (including phenoxy) is 3. The van der Waals surface area contributed by atoms with Crippen molar-refractivity contribution >= 4 is 47.0 Å². The molecule has 306 valence electrons. The van der Waals surface area contributed by atoms with E-state index in [4.69, 9.17) is 19.9 Å². The lowest BCUT2D eigenvalue weighted by Crippen LogP contribution is -2.57. The maximum atomic E-state index is 14.0. The second-order valence-corrected chi connectivity index (χ2v) is 14.2. The monoisotopic (exact) mass is 781 g/mol. The average molecular weight is 782 g/mol. The van der Waals surface area contributed by atoms with Gasteiger partial charge < -0.3 is 51.4 Å². The molecule has 2 aromatic carbocycles. The fraction of sp³-hybridized carbons (Fsp3) is 0.641. The van der Waals surface area contributed by atoms with E-state index in [0.29, 0.717) is 32.6 Å². The lowest BCUT2D eigenvalue weighted by Gasteiger charge is -2.29. The van der Waals surface area contributed by atoms with E-state index in [9.17, 15) is 29.4 Å². The van der Waals surface area contributed by atoms with Crippen molar-refractivity contribution in [3.8, 4) is 0 Å². The minimum atomic E-state index is -1.23. The first-order chi connectivity index (χ1) is 25.4. The van der Waals surface area contributed by atoms with E-state index in [0.717, 1.165) is 29.2 Å². The van der Waals surface area contributed by atoms with Crippen LogP contribution in [-0.2, 0) is 35.0 Å². The maximum Gasteiger partial charge on any atom is 0.407 e. The highest BCUT2D eigenvalue weighted by atomic mass is 35.5. The Morgan fingerprint density at radius 2 is 1.46 bits per heavy atom. The molecule has 0 aromatic heterocycles. The first-order valence-electron chi connectivity index (χ1n) is 18.7. The van der Waals surface area contributed by atoms with Gasteiger partial charge in [0.15, 0.2) is 0 Å². The molecule has 0 radical (unpaired) electrons. The Balaban J connectivity index is 0.0000146. The van der Waals surface area contributed by atoms with Crippen molar-refractivity contribution < 1.29 is 43.6 Å². The zero-order valence-corrected chi connectivity index (χ0v) is 33.3. The van der Waals surface area contributed by atoms with Gasteiger partial charge in [-0.25, -0.2) is 4.79 Å². The number of methoxy groups -OCH3 is 1. The number of fused-ring (bicyclic) bond motifs is 1. The Bertz CT molecular complexity index is 1390. The normalized spacial score (nSPS) is 14.0. The number of nitrogens with one attached hydrogen (secondary N) is 4. The summed E-state index contributed by atoms with van der Waals surface area (Å²) in [6.45, 7) is 8.83. The third kappa shape index (κ3) is 18.7. The summed E-state index contributed by atoms with van der Waals surface area (Å²) < 4.78 is 15.6. The summed E-state index contributed by atoms with van der Waals surface area (Å²) in [6.07, 6.45) is 0.486. The van der Waals surface area contributed by atoms with Crippen LogP contribution in [0.5, 0.6) is 0 Å². The summed E-state index contributed by atoms with van der Waals surface area (Å²) in [5, 5.41) is 34.0. The molecule has 0 bridgehead atoms. The summed E-state index contributed by atoms with van der Waals surface area (Å²) in [5.74, 6) is -1.50. The second kappa shape index (κ2) is 27.1. The summed E-state index contributed by atoms with van der Waals surface area (Å²) >= 11 is 0. The van der Waals surface area contributed by atoms with Crippen molar-refractivity contribution in [3.63, 3.8) is 0 Å². The molecule has 0 unspecified atom stereocenters. The van der Waals surface area contributed by atoms with Gasteiger partial charge >= 0.3 is 6.09 Å². The topological polar surface area (TPSA) is 211 Å². The van der Waals surface area contributed by atoms with E-state index in [2.05, 4.69) is 21.3 Å². The Morgan fingerprint density at radius 3 is 2.13 bits per heavy atom. The van der Waals surface area contributed by atoms with Crippen LogP contribution in [0, 0.1) is 11.8 Å². The highest BCUT2D eigenvalue weighted by Crippen LogP contribution is 2.20. The van der Waals surface area contributed by atoms with Crippen LogP contribution in [0.1, 0.15) is 71.8 Å². The Hall–Kier alpha value is -3.53. The van der Waals surface area contributed by atoms with E-state index < -0.39 is 54.1 Å². The van der Waals surface area contributed by atoms with Crippen molar-refractivity contribution in [3.05, 3.63) is 48.0 Å². The van der Waals surface area contributed by atoms with Crippen LogP contribution >= 0.6 is 12.4 Å². The summed E-state index contributed by atoms with van der Waals surface area (Å²) in [6, 6.07) is 10.1. The van der Waals surface area contributed by atoms with E-state index in [1.54, 1.807) is 7.11 Å². The number of alkyl carbamates (subject to hydrolysis) is 1. The van der Waals surface area contributed by atoms with Gasteiger partial charge in [0.05, 0.1) is 51.0 Å². The molecule has 0 saturated heterocycles. The zero-order chi connectivity index (χ0) is 39.2. The zero-order valence-electron chi connectivity index (χ0n) is 32.5. The predicted molar refractivity (Wildman–Crippen MR) is 211 cm³/mol. The highest BCUT2D eigenvalue weighted by molar-refractivity contribution is 5.93. The molecule has 0 heterocycles. The third-order valence-electron chi connectivity index (χ3n) is 8.65. The number of unbranched alkanes of at least 4 members (excludes halogenated alkanes) is 1. The Kier molecular flexibility index (Phi) is 24.3. The number of halogens is 1. The predicted octanol–water partition coefficient (Wildman–Crippen LogP) is 2.98. The number of hydrogen-bond donors (Lipinski definition) is 7. The molecule has 54 heavy (non-hydrogen) atoms. The lowest BCUT2D eigenvalue weighted by molar-refractivity contribution is -0.131. The van der Waals surface area contributed by atoms with Gasteiger partial charge in [-0.1, -0.05) is 76.6 Å². The summed E-state index contributed by atoms with van der Waals surface area (Å²) in [7, 11) is 1.56. The molecule has 2 rings (SSSR count). The molecule has 15 heteroatoms. The summed E-state index contributed by atoms with van der Waals surface area (Å²) in [4.78, 5) is 53.6. The van der Waals surface area contributed by atoms with Crippen LogP contribution in [0.3, 0.4) is 0 Å². The number of aliphatic hydroxyl groups excluding tert-OH is 2. The highest BCUT2D eigenvalue weighted by Gasteiger charge is 2.32. The van der Waals surface area contributed by atoms with Crippen LogP contribution in [0.15, 0.2) is 42.5 Å². The standard InChI is InChI=1S/C39H63N5O9.ClH/c1-26(2)21-32(35(46)24-36(47)41-30(25-45)14-8-9-16-40)42-37(48)33(22-27(3)4)43-38(49)34(44-39(50)53-20-19-52-18-17-51-5)23-29-13-10-12-28-11-6-7-15-31(28)29;/h6-7,10-13,15,26-27,30,32-35,45-46H,8-9,14,16-25,40H2,1-5H3,(H,41,47)(H,42,48)(H,43,49)(H,44,50);1H/t30-,32-,33-,34-,35-;/m0./s1. The van der Waals surface area contributed by atoms with E-state index >= 15 is 0 Å². The molecule has 0 aliphatic rings. The van der Waals surface area contributed by atoms with Gasteiger partial charge in [0.25, 0.3) is 0 Å². The fourth-order valence-corrected chi connectivity index (χ4v) is 5.96. The number of nitrogens with two attached hydrogens (primary N) is 1. The van der Waals surface area contributed by atoms with Crippen LogP contribution in [0.4, 0.5) is 4.79 Å². The smallest absolute Gasteiger partial charge is 0.407 e. The molecule has 0 aliphatic carbocycles. The molecule has 2 aromatic rings. The lowest BCUT2D eigenvalue weighted by atomic mass is 9.95. The van der Waals surface area contributed by atoms with Gasteiger partial charge in [-0.15, -0.1) is 12.4 Å². The number of hydrogen-bond acceptors (Lipinski definition) is 10. The van der Waals surface area contributed by atoms with Crippen LogP contribution in [-0.4, -0.2) is 111 Å². The number of carbonyl (C=O) groups is 4. The van der Waals surface area contributed by atoms with Crippen LogP contribution in [0.25, 0.3) is 10.8 Å². The first kappa shape index (κ1) is 48.5. The first-order valence-corrected chi connectivity index (χ1v) is 18.7. The van der Waals surface area contributed by atoms with Crippen molar-refractivity contribution in [2.45, 2.75) is 103 Å². The number of rotatable bonds is 26. The molecule has 4 amide bonds. The molecular formula is C39H64ClN5O9. The van der Waals surface area contributed by atoms with Gasteiger partial charge in [0.1, 0.15) is 18.7 Å². The van der Waals surface area contributed by atoms with E-state index in [1.807, 2.05) is 70.2 Å². The number of carbonyl (C=O) groups excluding carboxylic acids is 4. The molecule has 0 spiro atoms. The quantitative estimate of drug-likeness (QED) is 0.0694. The fourth-order valence-electron chi connectivity index (χ4n) is 5.96. The molecule has 0 aliphatic heterocycles. The average Bonchev–Trinajstić information content (AvgIpc) is 3.11. The van der Waals surface area contributed by atoms with Gasteiger partial charge in [-0.05, 0) is 60.4 Å². The van der Waals surface area contributed by atoms with Gasteiger partial charge in [0, 0.05) is 13.5 Å². The van der Waals surface area contributed by atoms with Crippen LogP contribution < -0.4 is 27.0 Å². The van der Waals surface area contributed by atoms with Crippen LogP contribution in [0.2, 0.25) is 0 Å². The van der Waals surface area contributed by atoms with Gasteiger partial charge in [-0.2, -0.15) is 0 Å². The third-order valence-corrected chi connectivity index (χ3v) is 8.65. The van der Waals surface area contributed by atoms with E-state index in [-0.39, 0.29) is 63.3 Å².